The second-order valence-corrected chi connectivity index (χ2v) is 4.17. The number of nitrogens with one attached hydrogen (secondary N) is 1. The number of rotatable bonds is 2. The number of nitriles is 1. The van der Waals surface area contributed by atoms with Crippen molar-refractivity contribution >= 4 is 17.3 Å². The van der Waals surface area contributed by atoms with Crippen molar-refractivity contribution in [1.29, 1.82) is 5.26 Å². The summed E-state index contributed by atoms with van der Waals surface area (Å²) in [4.78, 5) is 12.1. The van der Waals surface area contributed by atoms with Gasteiger partial charge in [0.2, 0.25) is 0 Å². The summed E-state index contributed by atoms with van der Waals surface area (Å²) in [5.41, 5.74) is 8.01. The first kappa shape index (κ1) is 12.6. The average molecular weight is 255 g/mol. The fraction of sp³-hybridized carbons (Fsp3) is 0.154. The predicted octanol–water partition coefficient (Wildman–Crippen LogP) is 1.43. The molecule has 0 atom stereocenters. The summed E-state index contributed by atoms with van der Waals surface area (Å²) < 4.78 is 1.49. The zero-order valence-corrected chi connectivity index (χ0v) is 10.6. The van der Waals surface area contributed by atoms with Crippen LogP contribution in [0.4, 0.5) is 11.4 Å². The summed E-state index contributed by atoms with van der Waals surface area (Å²) in [6.45, 7) is 1.81. The van der Waals surface area contributed by atoms with Crippen LogP contribution in [0.25, 0.3) is 0 Å². The monoisotopic (exact) mass is 255 g/mol. The molecule has 6 heteroatoms. The number of anilines is 2. The van der Waals surface area contributed by atoms with E-state index >= 15 is 0 Å². The van der Waals surface area contributed by atoms with Crippen LogP contribution in [-0.2, 0) is 7.05 Å². The Labute approximate surface area is 110 Å². The molecule has 0 aliphatic carbocycles. The molecule has 19 heavy (non-hydrogen) atoms. The van der Waals surface area contributed by atoms with E-state index in [0.29, 0.717) is 22.6 Å². The topological polar surface area (TPSA) is 96.7 Å². The van der Waals surface area contributed by atoms with Crippen LogP contribution in [-0.4, -0.2) is 15.7 Å². The molecule has 0 radical (unpaired) electrons. The maximum Gasteiger partial charge on any atom is 0.273 e. The Balaban J connectivity index is 2.29. The summed E-state index contributed by atoms with van der Waals surface area (Å²) >= 11 is 0. The Bertz CT molecular complexity index is 681. The molecule has 2 aromatic rings. The van der Waals surface area contributed by atoms with Crippen LogP contribution < -0.4 is 11.1 Å². The zero-order chi connectivity index (χ0) is 14.0. The van der Waals surface area contributed by atoms with Crippen LogP contribution in [0.2, 0.25) is 0 Å². The maximum atomic E-state index is 12.1. The second-order valence-electron chi connectivity index (χ2n) is 4.17. The van der Waals surface area contributed by atoms with E-state index in [1.807, 2.05) is 6.07 Å². The van der Waals surface area contributed by atoms with Crippen LogP contribution in [0.1, 0.15) is 21.7 Å². The maximum absolute atomic E-state index is 12.1. The Hall–Kier alpha value is -2.81. The van der Waals surface area contributed by atoms with E-state index in [-0.39, 0.29) is 5.91 Å². The van der Waals surface area contributed by atoms with Gasteiger partial charge in [-0.25, -0.2) is 0 Å². The van der Waals surface area contributed by atoms with E-state index < -0.39 is 0 Å². The van der Waals surface area contributed by atoms with Crippen LogP contribution in [0.3, 0.4) is 0 Å². The Kier molecular flexibility index (Phi) is 3.21. The lowest BCUT2D eigenvalue weighted by Crippen LogP contribution is -2.16. The molecular weight excluding hydrogens is 242 g/mol. The molecule has 6 nitrogen and oxygen atoms in total. The van der Waals surface area contributed by atoms with Gasteiger partial charge in [0.15, 0.2) is 0 Å². The van der Waals surface area contributed by atoms with Crippen LogP contribution in [0.5, 0.6) is 0 Å². The van der Waals surface area contributed by atoms with Gasteiger partial charge in [-0.15, -0.1) is 0 Å². The minimum absolute atomic E-state index is 0.315. The summed E-state index contributed by atoms with van der Waals surface area (Å²) in [5, 5.41) is 15.8. The van der Waals surface area contributed by atoms with Crippen LogP contribution in [0.15, 0.2) is 24.3 Å². The average Bonchev–Trinajstić information content (AvgIpc) is 2.70. The van der Waals surface area contributed by atoms with Gasteiger partial charge >= 0.3 is 0 Å². The molecule has 0 spiro atoms. The molecular formula is C13H13N5O. The number of carbonyl (C=O) groups excluding carboxylic acids is 1. The van der Waals surface area contributed by atoms with Crippen molar-refractivity contribution in [1.82, 2.24) is 9.78 Å². The molecule has 1 aromatic heterocycles. The highest BCUT2D eigenvalue weighted by Gasteiger charge is 2.13. The highest BCUT2D eigenvalue weighted by atomic mass is 16.2. The standard InChI is InChI=1S/C13H13N5O/c1-8-5-12(18(2)17-8)13(19)16-11-4-3-10(15)6-9(11)7-14/h3-6H,15H2,1-2H3,(H,16,19). The zero-order valence-electron chi connectivity index (χ0n) is 10.6. The normalized spacial score (nSPS) is 9.95. The van der Waals surface area contributed by atoms with E-state index in [1.54, 1.807) is 32.2 Å². The number of nitrogens with zero attached hydrogens (tertiary/aromatic N) is 3. The van der Waals surface area contributed by atoms with Crippen molar-refractivity contribution in [3.05, 3.63) is 41.2 Å². The van der Waals surface area contributed by atoms with E-state index in [9.17, 15) is 4.79 Å². The summed E-state index contributed by atoms with van der Waals surface area (Å²) in [5.74, 6) is -0.315. The van der Waals surface area contributed by atoms with Gasteiger partial charge in [-0.1, -0.05) is 0 Å². The quantitative estimate of drug-likeness (QED) is 0.793. The lowest BCUT2D eigenvalue weighted by molar-refractivity contribution is 0.101. The number of hydrogen-bond acceptors (Lipinski definition) is 4. The minimum atomic E-state index is -0.315. The molecule has 0 bridgehead atoms. The highest BCUT2D eigenvalue weighted by molar-refractivity contribution is 6.03. The van der Waals surface area contributed by atoms with Gasteiger partial charge in [-0.3, -0.25) is 9.48 Å². The van der Waals surface area contributed by atoms with Crippen LogP contribution >= 0.6 is 0 Å². The molecule has 2 rings (SSSR count). The molecule has 1 amide bonds. The van der Waals surface area contributed by atoms with Gasteiger partial charge in [-0.05, 0) is 31.2 Å². The van der Waals surface area contributed by atoms with Crippen molar-refractivity contribution in [2.45, 2.75) is 6.92 Å². The lowest BCUT2D eigenvalue weighted by Gasteiger charge is -2.07. The third kappa shape index (κ3) is 2.55. The van der Waals surface area contributed by atoms with Crippen LogP contribution in [0, 0.1) is 18.3 Å². The summed E-state index contributed by atoms with van der Waals surface area (Å²) in [6, 6.07) is 8.43. The van der Waals surface area contributed by atoms with Gasteiger partial charge in [0.05, 0.1) is 16.9 Å². The fourth-order valence-electron chi connectivity index (χ4n) is 1.77. The first-order valence-corrected chi connectivity index (χ1v) is 5.63. The number of nitrogens with two attached hydrogens (primary N) is 1. The highest BCUT2D eigenvalue weighted by Crippen LogP contribution is 2.18. The van der Waals surface area contributed by atoms with Crippen molar-refractivity contribution in [2.24, 2.45) is 7.05 Å². The molecule has 0 saturated carbocycles. The molecule has 0 aliphatic heterocycles. The lowest BCUT2D eigenvalue weighted by atomic mass is 10.1. The van der Waals surface area contributed by atoms with E-state index in [1.165, 1.54) is 10.7 Å². The van der Waals surface area contributed by atoms with Crippen molar-refractivity contribution in [2.75, 3.05) is 11.1 Å². The fourth-order valence-corrected chi connectivity index (χ4v) is 1.77. The SMILES string of the molecule is Cc1cc(C(=O)Nc2ccc(N)cc2C#N)n(C)n1. The predicted molar refractivity (Wildman–Crippen MR) is 71.5 cm³/mol. The van der Waals surface area contributed by atoms with Gasteiger partial charge in [0.25, 0.3) is 5.91 Å². The molecule has 0 saturated heterocycles. The number of aryl methyl sites for hydroxylation is 2. The Morgan fingerprint density at radius 3 is 2.79 bits per heavy atom. The third-order valence-corrected chi connectivity index (χ3v) is 2.65. The van der Waals surface area contributed by atoms with Gasteiger partial charge in [0, 0.05) is 12.7 Å². The second kappa shape index (κ2) is 4.82. The smallest absolute Gasteiger partial charge is 0.273 e. The molecule has 1 heterocycles. The van der Waals surface area contributed by atoms with Crippen molar-refractivity contribution < 1.29 is 4.79 Å². The van der Waals surface area contributed by atoms with Crippen molar-refractivity contribution in [3.63, 3.8) is 0 Å². The van der Waals surface area contributed by atoms with E-state index in [4.69, 9.17) is 11.0 Å². The summed E-state index contributed by atoms with van der Waals surface area (Å²) in [6.07, 6.45) is 0. The molecule has 0 unspecified atom stereocenters. The number of hydrogen-bond donors (Lipinski definition) is 2. The number of aromatic nitrogens is 2. The third-order valence-electron chi connectivity index (χ3n) is 2.65. The summed E-state index contributed by atoms with van der Waals surface area (Å²) in [7, 11) is 1.69. The minimum Gasteiger partial charge on any atom is -0.399 e. The number of nitrogen functional groups attached to an aromatic ring is 1. The number of amides is 1. The van der Waals surface area contributed by atoms with Gasteiger partial charge < -0.3 is 11.1 Å². The van der Waals surface area contributed by atoms with Gasteiger partial charge in [-0.2, -0.15) is 10.4 Å². The van der Waals surface area contributed by atoms with Gasteiger partial charge in [0.1, 0.15) is 11.8 Å². The first-order chi connectivity index (χ1) is 9.01. The Morgan fingerprint density at radius 2 is 2.21 bits per heavy atom. The van der Waals surface area contributed by atoms with E-state index in [0.717, 1.165) is 5.69 Å². The van der Waals surface area contributed by atoms with Crippen molar-refractivity contribution in [3.8, 4) is 6.07 Å². The molecule has 0 fully saturated rings. The number of carbonyl (C=O) groups is 1. The van der Waals surface area contributed by atoms with E-state index in [2.05, 4.69) is 10.4 Å². The molecule has 3 N–H and O–H groups in total. The Morgan fingerprint density at radius 1 is 1.47 bits per heavy atom. The number of benzene rings is 1. The largest absolute Gasteiger partial charge is 0.399 e. The molecule has 0 aliphatic rings. The first-order valence-electron chi connectivity index (χ1n) is 5.63. The molecule has 96 valence electrons. The molecule has 1 aromatic carbocycles.